The van der Waals surface area contributed by atoms with Crippen LogP contribution in [0.25, 0.3) is 0 Å². The van der Waals surface area contributed by atoms with Gasteiger partial charge in [-0.15, -0.1) is 12.3 Å². The lowest BCUT2D eigenvalue weighted by molar-refractivity contribution is 0.415. The summed E-state index contributed by atoms with van der Waals surface area (Å²) in [6.45, 7) is 9.14. The maximum absolute atomic E-state index is 5.33. The van der Waals surface area contributed by atoms with Crippen molar-refractivity contribution in [3.05, 3.63) is 11.6 Å². The summed E-state index contributed by atoms with van der Waals surface area (Å²) in [5.74, 6) is 4.18. The van der Waals surface area contributed by atoms with Crippen LogP contribution in [0, 0.1) is 24.2 Å². The van der Waals surface area contributed by atoms with Gasteiger partial charge in [-0.05, 0) is 31.1 Å². The van der Waals surface area contributed by atoms with Crippen LogP contribution in [0.5, 0.6) is 0 Å². The van der Waals surface area contributed by atoms with Crippen LogP contribution < -0.4 is 0 Å². The van der Waals surface area contributed by atoms with E-state index >= 15 is 0 Å². The molecule has 1 unspecified atom stereocenters. The first-order valence-electron chi connectivity index (χ1n) is 6.29. The summed E-state index contributed by atoms with van der Waals surface area (Å²) in [7, 11) is 0. The monoisotopic (exact) mass is 206 g/mol. The van der Waals surface area contributed by atoms with Gasteiger partial charge in [0.15, 0.2) is 0 Å². The van der Waals surface area contributed by atoms with Crippen LogP contribution in [0.4, 0.5) is 0 Å². The van der Waals surface area contributed by atoms with Crippen molar-refractivity contribution in [1.82, 2.24) is 0 Å². The van der Waals surface area contributed by atoms with Crippen LogP contribution in [-0.4, -0.2) is 0 Å². The van der Waals surface area contributed by atoms with Crippen LogP contribution in [0.3, 0.4) is 0 Å². The fourth-order valence-electron chi connectivity index (χ4n) is 2.17. The highest BCUT2D eigenvalue weighted by molar-refractivity contribution is 5.11. The first kappa shape index (κ1) is 14.3. The van der Waals surface area contributed by atoms with E-state index in [1.54, 1.807) is 5.57 Å². The maximum Gasteiger partial charge on any atom is 0.0269 e. The zero-order valence-corrected chi connectivity index (χ0v) is 10.8. The Bertz CT molecular complexity index is 215. The Balaban J connectivity index is 4.51. The molecule has 0 aliphatic carbocycles. The molecular formula is C15H26. The van der Waals surface area contributed by atoms with Crippen molar-refractivity contribution < 1.29 is 0 Å². The van der Waals surface area contributed by atoms with Gasteiger partial charge in [-0.25, -0.2) is 0 Å². The van der Waals surface area contributed by atoms with Crippen molar-refractivity contribution in [2.24, 2.45) is 11.8 Å². The van der Waals surface area contributed by atoms with Gasteiger partial charge in [-0.1, -0.05) is 45.8 Å². The molecule has 0 N–H and O–H groups in total. The highest BCUT2D eigenvalue weighted by atomic mass is 14.2. The average Bonchev–Trinajstić information content (AvgIpc) is 2.21. The van der Waals surface area contributed by atoms with Crippen molar-refractivity contribution in [3.63, 3.8) is 0 Å². The molecular weight excluding hydrogens is 180 g/mol. The minimum Gasteiger partial charge on any atom is -0.120 e. The molecule has 0 heteroatoms. The van der Waals surface area contributed by atoms with Gasteiger partial charge in [0.05, 0.1) is 0 Å². The molecule has 0 fully saturated rings. The third kappa shape index (κ3) is 5.67. The van der Waals surface area contributed by atoms with Crippen molar-refractivity contribution >= 4 is 0 Å². The van der Waals surface area contributed by atoms with E-state index < -0.39 is 0 Å². The molecule has 15 heavy (non-hydrogen) atoms. The predicted molar refractivity (Wildman–Crippen MR) is 69.7 cm³/mol. The summed E-state index contributed by atoms with van der Waals surface area (Å²) in [6.07, 6.45) is 13.4. The quantitative estimate of drug-likeness (QED) is 0.414. The number of unbranched alkanes of at least 4 members (excludes halogenated alkanes) is 1. The van der Waals surface area contributed by atoms with Gasteiger partial charge >= 0.3 is 0 Å². The largest absolute Gasteiger partial charge is 0.120 e. The molecule has 0 saturated carbocycles. The molecule has 1 atom stereocenters. The van der Waals surface area contributed by atoms with Crippen LogP contribution in [0.2, 0.25) is 0 Å². The maximum atomic E-state index is 5.33. The van der Waals surface area contributed by atoms with Crippen molar-refractivity contribution in [2.45, 2.75) is 59.8 Å². The van der Waals surface area contributed by atoms with E-state index in [2.05, 4.69) is 39.7 Å². The van der Waals surface area contributed by atoms with Crippen LogP contribution >= 0.6 is 0 Å². The first-order chi connectivity index (χ1) is 7.17. The van der Waals surface area contributed by atoms with E-state index in [0.717, 1.165) is 18.3 Å². The molecule has 0 rings (SSSR count). The summed E-state index contributed by atoms with van der Waals surface area (Å²) < 4.78 is 0. The van der Waals surface area contributed by atoms with Gasteiger partial charge in [-0.2, -0.15) is 0 Å². The van der Waals surface area contributed by atoms with Crippen molar-refractivity contribution in [1.29, 1.82) is 0 Å². The van der Waals surface area contributed by atoms with Gasteiger partial charge in [0.1, 0.15) is 0 Å². The van der Waals surface area contributed by atoms with E-state index in [1.165, 1.54) is 25.7 Å². The summed E-state index contributed by atoms with van der Waals surface area (Å²) in [5.41, 5.74) is 1.59. The van der Waals surface area contributed by atoms with Crippen LogP contribution in [0.1, 0.15) is 59.8 Å². The zero-order valence-electron chi connectivity index (χ0n) is 10.8. The molecule has 0 spiro atoms. The Morgan fingerprint density at radius 2 is 2.00 bits per heavy atom. The Labute approximate surface area is 96.2 Å². The van der Waals surface area contributed by atoms with Gasteiger partial charge in [0.25, 0.3) is 0 Å². The molecule has 0 aliphatic rings. The second kappa shape index (κ2) is 8.60. The minimum absolute atomic E-state index is 0.727. The van der Waals surface area contributed by atoms with Gasteiger partial charge in [0.2, 0.25) is 0 Å². The molecule has 86 valence electrons. The lowest BCUT2D eigenvalue weighted by Crippen LogP contribution is -2.11. The third-order valence-corrected chi connectivity index (χ3v) is 3.02. The molecule has 0 amide bonds. The number of hydrogen-bond donors (Lipinski definition) is 0. The standard InChI is InChI=1S/C15H26/c1-6-9-11-14(12-10-7-2)15(8-3)13(4)5/h1,11,13,15H,7-10,12H2,2-5H3. The topological polar surface area (TPSA) is 0 Å². The molecule has 0 aliphatic heterocycles. The number of allylic oxidation sites excluding steroid dienone is 2. The molecule has 0 aromatic carbocycles. The van der Waals surface area contributed by atoms with E-state index in [1.807, 2.05) is 0 Å². The molecule has 0 aromatic rings. The average molecular weight is 206 g/mol. The smallest absolute Gasteiger partial charge is 0.0269 e. The molecule has 0 nitrogen and oxygen atoms in total. The minimum atomic E-state index is 0.727. The Kier molecular flexibility index (Phi) is 8.19. The molecule has 0 heterocycles. The van der Waals surface area contributed by atoms with E-state index in [0.29, 0.717) is 0 Å². The summed E-state index contributed by atoms with van der Waals surface area (Å²) >= 11 is 0. The van der Waals surface area contributed by atoms with Crippen molar-refractivity contribution in [3.8, 4) is 12.3 Å². The lowest BCUT2D eigenvalue weighted by Gasteiger charge is -2.23. The SMILES string of the molecule is C#CCC=C(CCCC)C(CC)C(C)C. The van der Waals surface area contributed by atoms with Crippen molar-refractivity contribution in [2.75, 3.05) is 0 Å². The number of terminal acetylenes is 1. The fourth-order valence-corrected chi connectivity index (χ4v) is 2.17. The fraction of sp³-hybridized carbons (Fsp3) is 0.733. The second-order valence-electron chi connectivity index (χ2n) is 4.55. The van der Waals surface area contributed by atoms with Gasteiger partial charge in [0, 0.05) is 6.42 Å². The summed E-state index contributed by atoms with van der Waals surface area (Å²) in [4.78, 5) is 0. The number of rotatable bonds is 7. The summed E-state index contributed by atoms with van der Waals surface area (Å²) in [6, 6.07) is 0. The second-order valence-corrected chi connectivity index (χ2v) is 4.55. The first-order valence-corrected chi connectivity index (χ1v) is 6.29. The molecule has 0 bridgehead atoms. The molecule has 0 radical (unpaired) electrons. The molecule has 0 saturated heterocycles. The van der Waals surface area contributed by atoms with E-state index in [-0.39, 0.29) is 0 Å². The highest BCUT2D eigenvalue weighted by Crippen LogP contribution is 2.28. The summed E-state index contributed by atoms with van der Waals surface area (Å²) in [5, 5.41) is 0. The van der Waals surface area contributed by atoms with Crippen LogP contribution in [0.15, 0.2) is 11.6 Å². The predicted octanol–water partition coefficient (Wildman–Crippen LogP) is 4.81. The number of hydrogen-bond acceptors (Lipinski definition) is 0. The lowest BCUT2D eigenvalue weighted by atomic mass is 9.83. The Morgan fingerprint density at radius 1 is 1.33 bits per heavy atom. The Hall–Kier alpha value is -0.700. The Morgan fingerprint density at radius 3 is 2.40 bits per heavy atom. The normalized spacial score (nSPS) is 14.0. The van der Waals surface area contributed by atoms with Gasteiger partial charge < -0.3 is 0 Å². The molecule has 0 aromatic heterocycles. The van der Waals surface area contributed by atoms with Crippen LogP contribution in [-0.2, 0) is 0 Å². The van der Waals surface area contributed by atoms with E-state index in [9.17, 15) is 0 Å². The third-order valence-electron chi connectivity index (χ3n) is 3.02. The van der Waals surface area contributed by atoms with E-state index in [4.69, 9.17) is 6.42 Å². The van der Waals surface area contributed by atoms with Gasteiger partial charge in [-0.3, -0.25) is 0 Å². The highest BCUT2D eigenvalue weighted by Gasteiger charge is 2.15. The zero-order chi connectivity index (χ0) is 11.7.